The third kappa shape index (κ3) is 3.94. The second-order valence-electron chi connectivity index (χ2n) is 7.09. The smallest absolute Gasteiger partial charge is 0.289 e. The Morgan fingerprint density at radius 1 is 1.21 bits per heavy atom. The van der Waals surface area contributed by atoms with Crippen LogP contribution in [0.3, 0.4) is 0 Å². The molecule has 1 saturated heterocycles. The van der Waals surface area contributed by atoms with Crippen molar-refractivity contribution in [2.45, 2.75) is 52.2 Å². The highest BCUT2D eigenvalue weighted by atomic mass is 32.2. The van der Waals surface area contributed by atoms with Gasteiger partial charge in [0.15, 0.2) is 0 Å². The summed E-state index contributed by atoms with van der Waals surface area (Å²) in [6.07, 6.45) is 0.583. The standard InChI is InChI=1S/C19H27NO3S/c1-11(2)10-20-18(21)17(24-19(20)22)9-14-8-15(12(3)4)16(23-6)7-13(14)5/h7-8,11-12,17H,9-10H2,1-6H3/t17-/m1/s1. The number of rotatable bonds is 6. The number of thioether (sulfide) groups is 1. The Bertz CT molecular complexity index is 640. The minimum atomic E-state index is -0.316. The fraction of sp³-hybridized carbons (Fsp3) is 0.579. The molecule has 1 heterocycles. The predicted molar refractivity (Wildman–Crippen MR) is 98.9 cm³/mol. The van der Waals surface area contributed by atoms with Crippen LogP contribution in [0.4, 0.5) is 4.79 Å². The highest BCUT2D eigenvalue weighted by Crippen LogP contribution is 2.34. The largest absolute Gasteiger partial charge is 0.496 e. The van der Waals surface area contributed by atoms with E-state index >= 15 is 0 Å². The Labute approximate surface area is 148 Å². The molecule has 0 aliphatic carbocycles. The van der Waals surface area contributed by atoms with Gasteiger partial charge in [0.05, 0.1) is 12.4 Å². The fourth-order valence-corrected chi connectivity index (χ4v) is 3.98. The molecule has 1 aromatic carbocycles. The quantitative estimate of drug-likeness (QED) is 0.764. The van der Waals surface area contributed by atoms with Gasteiger partial charge in [-0.25, -0.2) is 0 Å². The van der Waals surface area contributed by atoms with Gasteiger partial charge in [0.1, 0.15) is 5.75 Å². The lowest BCUT2D eigenvalue weighted by Gasteiger charge is -2.18. The summed E-state index contributed by atoms with van der Waals surface area (Å²) in [4.78, 5) is 26.1. The van der Waals surface area contributed by atoms with E-state index < -0.39 is 0 Å². The first-order valence-electron chi connectivity index (χ1n) is 8.44. The number of methoxy groups -OCH3 is 1. The van der Waals surface area contributed by atoms with Crippen molar-refractivity contribution >= 4 is 22.9 Å². The molecule has 1 aliphatic heterocycles. The number of amides is 2. The second kappa shape index (κ2) is 7.60. The van der Waals surface area contributed by atoms with Crippen LogP contribution < -0.4 is 4.74 Å². The van der Waals surface area contributed by atoms with E-state index in [4.69, 9.17) is 4.74 Å². The van der Waals surface area contributed by atoms with Crippen molar-refractivity contribution < 1.29 is 14.3 Å². The first-order chi connectivity index (χ1) is 11.2. The maximum Gasteiger partial charge on any atom is 0.289 e. The molecule has 1 aromatic rings. The van der Waals surface area contributed by atoms with Gasteiger partial charge in [0.2, 0.25) is 5.91 Å². The summed E-state index contributed by atoms with van der Waals surface area (Å²) in [6, 6.07) is 4.16. The highest BCUT2D eigenvalue weighted by Gasteiger charge is 2.39. The molecule has 0 radical (unpaired) electrons. The van der Waals surface area contributed by atoms with Gasteiger partial charge < -0.3 is 4.74 Å². The third-order valence-electron chi connectivity index (χ3n) is 4.27. The molecule has 0 aromatic heterocycles. The number of hydrogen-bond donors (Lipinski definition) is 0. The van der Waals surface area contributed by atoms with Gasteiger partial charge in [-0.3, -0.25) is 14.5 Å². The predicted octanol–water partition coefficient (Wildman–Crippen LogP) is 4.39. The summed E-state index contributed by atoms with van der Waals surface area (Å²) >= 11 is 1.16. The van der Waals surface area contributed by atoms with Crippen LogP contribution in [-0.4, -0.2) is 35.0 Å². The lowest BCUT2D eigenvalue weighted by molar-refractivity contribution is -0.127. The van der Waals surface area contributed by atoms with E-state index in [0.29, 0.717) is 18.9 Å². The van der Waals surface area contributed by atoms with Crippen molar-refractivity contribution in [1.82, 2.24) is 4.90 Å². The van der Waals surface area contributed by atoms with Crippen LogP contribution in [0.25, 0.3) is 0 Å². The molecule has 0 bridgehead atoms. The van der Waals surface area contributed by atoms with E-state index in [9.17, 15) is 9.59 Å². The molecule has 2 rings (SSSR count). The first kappa shape index (κ1) is 18.8. The zero-order valence-corrected chi connectivity index (χ0v) is 16.2. The number of carbonyl (C=O) groups excluding carboxylic acids is 2. The van der Waals surface area contributed by atoms with Gasteiger partial charge in [0.25, 0.3) is 5.24 Å². The Hall–Kier alpha value is -1.49. The van der Waals surface area contributed by atoms with Gasteiger partial charge >= 0.3 is 0 Å². The zero-order chi connectivity index (χ0) is 18.0. The molecule has 1 aliphatic rings. The average Bonchev–Trinajstić information content (AvgIpc) is 2.75. The number of benzene rings is 1. The van der Waals surface area contributed by atoms with Crippen molar-refractivity contribution in [3.63, 3.8) is 0 Å². The van der Waals surface area contributed by atoms with Crippen molar-refractivity contribution in [2.24, 2.45) is 5.92 Å². The number of hydrogen-bond acceptors (Lipinski definition) is 4. The van der Waals surface area contributed by atoms with E-state index in [0.717, 1.165) is 34.2 Å². The number of aryl methyl sites for hydroxylation is 1. The number of carbonyl (C=O) groups is 2. The van der Waals surface area contributed by atoms with Crippen LogP contribution in [-0.2, 0) is 11.2 Å². The topological polar surface area (TPSA) is 46.6 Å². The number of nitrogens with zero attached hydrogens (tertiary/aromatic N) is 1. The number of imide groups is 1. The Balaban J connectivity index is 2.24. The van der Waals surface area contributed by atoms with Crippen LogP contribution in [0, 0.1) is 12.8 Å². The van der Waals surface area contributed by atoms with E-state index in [1.165, 1.54) is 4.90 Å². The summed E-state index contributed by atoms with van der Waals surface area (Å²) in [5.74, 6) is 1.45. The highest BCUT2D eigenvalue weighted by molar-refractivity contribution is 8.15. The molecule has 2 amide bonds. The molecule has 4 nitrogen and oxygen atoms in total. The van der Waals surface area contributed by atoms with E-state index in [2.05, 4.69) is 19.9 Å². The van der Waals surface area contributed by atoms with Crippen molar-refractivity contribution in [3.8, 4) is 5.75 Å². The number of ether oxygens (including phenoxy) is 1. The molecular formula is C19H27NO3S. The average molecular weight is 349 g/mol. The minimum absolute atomic E-state index is 0.0555. The van der Waals surface area contributed by atoms with Gasteiger partial charge in [-0.1, -0.05) is 45.5 Å². The van der Waals surface area contributed by atoms with Crippen LogP contribution in [0.15, 0.2) is 12.1 Å². The summed E-state index contributed by atoms with van der Waals surface area (Å²) in [6.45, 7) is 10.8. The maximum atomic E-state index is 12.6. The molecule has 1 atom stereocenters. The second-order valence-corrected chi connectivity index (χ2v) is 8.25. The SMILES string of the molecule is COc1cc(C)c(C[C@H]2SC(=O)N(CC(C)C)C2=O)cc1C(C)C. The van der Waals surface area contributed by atoms with Crippen LogP contribution >= 0.6 is 11.8 Å². The molecule has 132 valence electrons. The third-order valence-corrected chi connectivity index (χ3v) is 5.34. The van der Waals surface area contributed by atoms with Crippen molar-refractivity contribution in [3.05, 3.63) is 28.8 Å². The van der Waals surface area contributed by atoms with Gasteiger partial charge in [0, 0.05) is 6.54 Å². The molecule has 5 heteroatoms. The molecule has 0 spiro atoms. The van der Waals surface area contributed by atoms with Crippen LogP contribution in [0.5, 0.6) is 5.75 Å². The molecule has 1 fully saturated rings. The molecule has 24 heavy (non-hydrogen) atoms. The van der Waals surface area contributed by atoms with E-state index in [1.807, 2.05) is 26.8 Å². The Kier molecular flexibility index (Phi) is 5.97. The van der Waals surface area contributed by atoms with Crippen LogP contribution in [0.1, 0.15) is 50.3 Å². The van der Waals surface area contributed by atoms with Gasteiger partial charge in [-0.05, 0) is 47.9 Å². The molecular weight excluding hydrogens is 322 g/mol. The lowest BCUT2D eigenvalue weighted by Crippen LogP contribution is -2.35. The summed E-state index contributed by atoms with van der Waals surface area (Å²) in [7, 11) is 1.68. The van der Waals surface area contributed by atoms with Crippen molar-refractivity contribution in [2.75, 3.05) is 13.7 Å². The summed E-state index contributed by atoms with van der Waals surface area (Å²) < 4.78 is 5.48. The molecule has 0 saturated carbocycles. The summed E-state index contributed by atoms with van der Waals surface area (Å²) in [5, 5.41) is -0.433. The first-order valence-corrected chi connectivity index (χ1v) is 9.32. The minimum Gasteiger partial charge on any atom is -0.496 e. The molecule has 0 unspecified atom stereocenters. The van der Waals surface area contributed by atoms with Gasteiger partial charge in [-0.2, -0.15) is 0 Å². The fourth-order valence-electron chi connectivity index (χ4n) is 2.95. The zero-order valence-electron chi connectivity index (χ0n) is 15.4. The Morgan fingerprint density at radius 2 is 1.88 bits per heavy atom. The van der Waals surface area contributed by atoms with Crippen molar-refractivity contribution in [1.29, 1.82) is 0 Å². The lowest BCUT2D eigenvalue weighted by atomic mass is 9.94. The normalized spacial score (nSPS) is 18.2. The van der Waals surface area contributed by atoms with Crippen LogP contribution in [0.2, 0.25) is 0 Å². The summed E-state index contributed by atoms with van der Waals surface area (Å²) in [5.41, 5.74) is 3.35. The molecule has 0 N–H and O–H groups in total. The monoisotopic (exact) mass is 349 g/mol. The maximum absolute atomic E-state index is 12.6. The van der Waals surface area contributed by atoms with E-state index in [-0.39, 0.29) is 22.3 Å². The van der Waals surface area contributed by atoms with E-state index in [1.54, 1.807) is 7.11 Å². The van der Waals surface area contributed by atoms with Gasteiger partial charge in [-0.15, -0.1) is 0 Å². The Morgan fingerprint density at radius 3 is 2.42 bits per heavy atom.